The first kappa shape index (κ1) is 10.8. The number of carbonyl (C=O) groups excluding carboxylic acids is 1. The van der Waals surface area contributed by atoms with Gasteiger partial charge in [-0.3, -0.25) is 4.79 Å². The molecular formula is C9H15NO2. The van der Waals surface area contributed by atoms with Crippen molar-refractivity contribution < 1.29 is 9.90 Å². The summed E-state index contributed by atoms with van der Waals surface area (Å²) >= 11 is 0. The highest BCUT2D eigenvalue weighted by Gasteiger charge is 2.28. The Bertz CT molecular complexity index is 221. The molecule has 0 aromatic carbocycles. The lowest BCUT2D eigenvalue weighted by molar-refractivity contribution is -0.124. The fourth-order valence-electron chi connectivity index (χ4n) is 1.02. The number of rotatable bonds is 4. The quantitative estimate of drug-likeness (QED) is 0.495. The van der Waals surface area contributed by atoms with Crippen LogP contribution in [0, 0.1) is 5.41 Å². The molecule has 0 radical (unpaired) electrons. The Morgan fingerprint density at radius 3 is 2.50 bits per heavy atom. The summed E-state index contributed by atoms with van der Waals surface area (Å²) in [5.74, 6) is -0.495. The van der Waals surface area contributed by atoms with Crippen molar-refractivity contribution in [2.24, 2.45) is 11.1 Å². The van der Waals surface area contributed by atoms with Crippen LogP contribution in [-0.2, 0) is 4.79 Å². The van der Waals surface area contributed by atoms with Crippen molar-refractivity contribution in [1.82, 2.24) is 0 Å². The highest BCUT2D eigenvalue weighted by molar-refractivity contribution is 5.82. The number of hydrogen-bond donors (Lipinski definition) is 2. The van der Waals surface area contributed by atoms with Crippen LogP contribution in [-0.4, -0.2) is 11.0 Å². The molecule has 0 heterocycles. The van der Waals surface area contributed by atoms with Gasteiger partial charge in [0.05, 0.1) is 11.2 Å². The van der Waals surface area contributed by atoms with Crippen LogP contribution in [0.1, 0.15) is 20.3 Å². The summed E-state index contributed by atoms with van der Waals surface area (Å²) in [5.41, 5.74) is 4.34. The van der Waals surface area contributed by atoms with Crippen LogP contribution in [0.4, 0.5) is 0 Å². The van der Waals surface area contributed by atoms with Crippen LogP contribution >= 0.6 is 0 Å². The standard InChI is InChI=1S/C9H15NO2/c1-4-5-9(3,8(10)12)6-7(2)11/h4-5,11H,2,6H2,1,3H3,(H2,10,12)/b5-4-. The number of primary amides is 1. The highest BCUT2D eigenvalue weighted by atomic mass is 16.3. The van der Waals surface area contributed by atoms with Crippen LogP contribution in [0.5, 0.6) is 0 Å². The Morgan fingerprint density at radius 2 is 2.25 bits per heavy atom. The smallest absolute Gasteiger partial charge is 0.227 e. The van der Waals surface area contributed by atoms with Gasteiger partial charge in [-0.1, -0.05) is 18.7 Å². The van der Waals surface area contributed by atoms with E-state index < -0.39 is 11.3 Å². The summed E-state index contributed by atoms with van der Waals surface area (Å²) in [7, 11) is 0. The number of amides is 1. The van der Waals surface area contributed by atoms with E-state index in [1.54, 1.807) is 26.0 Å². The van der Waals surface area contributed by atoms with E-state index in [1.165, 1.54) is 0 Å². The third-order valence-corrected chi connectivity index (χ3v) is 1.67. The molecule has 0 aliphatic heterocycles. The second-order valence-corrected chi connectivity index (χ2v) is 3.02. The lowest BCUT2D eigenvalue weighted by Crippen LogP contribution is -2.32. The zero-order valence-electron chi connectivity index (χ0n) is 7.50. The Hall–Kier alpha value is -1.25. The SMILES string of the molecule is C=C(O)CC(C)(/C=C\C)C(N)=O. The van der Waals surface area contributed by atoms with Gasteiger partial charge < -0.3 is 10.8 Å². The van der Waals surface area contributed by atoms with Crippen LogP contribution < -0.4 is 5.73 Å². The van der Waals surface area contributed by atoms with Crippen molar-refractivity contribution in [1.29, 1.82) is 0 Å². The maximum absolute atomic E-state index is 11.0. The second-order valence-electron chi connectivity index (χ2n) is 3.02. The van der Waals surface area contributed by atoms with Crippen LogP contribution in [0.2, 0.25) is 0 Å². The first-order valence-corrected chi connectivity index (χ1v) is 3.73. The molecule has 0 aromatic heterocycles. The van der Waals surface area contributed by atoms with E-state index in [9.17, 15) is 4.79 Å². The first-order chi connectivity index (χ1) is 5.42. The van der Waals surface area contributed by atoms with E-state index in [-0.39, 0.29) is 12.2 Å². The molecule has 1 unspecified atom stereocenters. The molecule has 0 aliphatic carbocycles. The Labute approximate surface area is 72.6 Å². The highest BCUT2D eigenvalue weighted by Crippen LogP contribution is 2.25. The fraction of sp³-hybridized carbons (Fsp3) is 0.444. The molecule has 0 rings (SSSR count). The predicted octanol–water partition coefficient (Wildman–Crippen LogP) is 1.52. The largest absolute Gasteiger partial charge is 0.513 e. The molecular weight excluding hydrogens is 154 g/mol. The summed E-state index contributed by atoms with van der Waals surface area (Å²) in [6, 6.07) is 0. The van der Waals surface area contributed by atoms with E-state index in [1.807, 2.05) is 0 Å². The molecule has 0 saturated heterocycles. The van der Waals surface area contributed by atoms with E-state index in [0.717, 1.165) is 0 Å². The molecule has 3 N–H and O–H groups in total. The average Bonchev–Trinajstić information content (AvgIpc) is 1.85. The van der Waals surface area contributed by atoms with Gasteiger partial charge in [-0.2, -0.15) is 0 Å². The van der Waals surface area contributed by atoms with Gasteiger partial charge in [0, 0.05) is 6.42 Å². The van der Waals surface area contributed by atoms with Crippen LogP contribution in [0.3, 0.4) is 0 Å². The molecule has 1 atom stereocenters. The van der Waals surface area contributed by atoms with E-state index in [4.69, 9.17) is 10.8 Å². The van der Waals surface area contributed by atoms with Gasteiger partial charge in [-0.15, -0.1) is 0 Å². The van der Waals surface area contributed by atoms with Gasteiger partial charge >= 0.3 is 0 Å². The molecule has 0 aliphatic rings. The topological polar surface area (TPSA) is 63.3 Å². The molecule has 3 heteroatoms. The molecule has 1 amide bonds. The maximum Gasteiger partial charge on any atom is 0.227 e. The zero-order valence-corrected chi connectivity index (χ0v) is 7.50. The number of aliphatic hydroxyl groups excluding tert-OH is 1. The molecule has 0 saturated carbocycles. The third-order valence-electron chi connectivity index (χ3n) is 1.67. The van der Waals surface area contributed by atoms with Gasteiger partial charge in [0.2, 0.25) is 5.91 Å². The van der Waals surface area contributed by atoms with E-state index >= 15 is 0 Å². The van der Waals surface area contributed by atoms with Crippen molar-refractivity contribution in [3.05, 3.63) is 24.5 Å². The van der Waals surface area contributed by atoms with Crippen molar-refractivity contribution in [3.63, 3.8) is 0 Å². The lowest BCUT2D eigenvalue weighted by atomic mass is 9.85. The molecule has 0 bridgehead atoms. The van der Waals surface area contributed by atoms with Gasteiger partial charge in [0.15, 0.2) is 0 Å². The van der Waals surface area contributed by atoms with Crippen LogP contribution in [0.25, 0.3) is 0 Å². The molecule has 0 fully saturated rings. The third kappa shape index (κ3) is 2.78. The molecule has 3 nitrogen and oxygen atoms in total. The summed E-state index contributed by atoms with van der Waals surface area (Å²) in [6.07, 6.45) is 3.57. The maximum atomic E-state index is 11.0. The number of nitrogens with two attached hydrogens (primary N) is 1. The summed E-state index contributed by atoms with van der Waals surface area (Å²) in [4.78, 5) is 11.0. The normalized spacial score (nSPS) is 15.8. The number of aliphatic hydroxyl groups is 1. The first-order valence-electron chi connectivity index (χ1n) is 3.73. The Kier molecular flexibility index (Phi) is 3.54. The van der Waals surface area contributed by atoms with Crippen molar-refractivity contribution in [3.8, 4) is 0 Å². The summed E-state index contributed by atoms with van der Waals surface area (Å²) in [5, 5.41) is 8.93. The minimum Gasteiger partial charge on any atom is -0.513 e. The lowest BCUT2D eigenvalue weighted by Gasteiger charge is -2.20. The van der Waals surface area contributed by atoms with E-state index in [2.05, 4.69) is 6.58 Å². The Morgan fingerprint density at radius 1 is 1.75 bits per heavy atom. The van der Waals surface area contributed by atoms with Crippen molar-refractivity contribution >= 4 is 5.91 Å². The summed E-state index contributed by atoms with van der Waals surface area (Å²) in [6.45, 7) is 6.78. The van der Waals surface area contributed by atoms with Gasteiger partial charge in [0.1, 0.15) is 0 Å². The molecule has 12 heavy (non-hydrogen) atoms. The minimum atomic E-state index is -0.819. The Balaban J connectivity index is 4.62. The van der Waals surface area contributed by atoms with Crippen LogP contribution in [0.15, 0.2) is 24.5 Å². The van der Waals surface area contributed by atoms with Crippen molar-refractivity contribution in [2.75, 3.05) is 0 Å². The van der Waals surface area contributed by atoms with Gasteiger partial charge in [0.25, 0.3) is 0 Å². The monoisotopic (exact) mass is 169 g/mol. The fourth-order valence-corrected chi connectivity index (χ4v) is 1.02. The summed E-state index contributed by atoms with van der Waals surface area (Å²) < 4.78 is 0. The molecule has 0 aromatic rings. The zero-order chi connectivity index (χ0) is 9.78. The second kappa shape index (κ2) is 3.95. The minimum absolute atomic E-state index is 0.0330. The van der Waals surface area contributed by atoms with Gasteiger partial charge in [-0.25, -0.2) is 0 Å². The number of carbonyl (C=O) groups is 1. The van der Waals surface area contributed by atoms with Gasteiger partial charge in [-0.05, 0) is 13.8 Å². The number of allylic oxidation sites excluding steroid dienone is 2. The molecule has 68 valence electrons. The molecule has 0 spiro atoms. The van der Waals surface area contributed by atoms with Crippen molar-refractivity contribution in [2.45, 2.75) is 20.3 Å². The number of hydrogen-bond acceptors (Lipinski definition) is 2. The average molecular weight is 169 g/mol. The van der Waals surface area contributed by atoms with E-state index in [0.29, 0.717) is 0 Å². The predicted molar refractivity (Wildman–Crippen MR) is 48.5 cm³/mol.